The van der Waals surface area contributed by atoms with Gasteiger partial charge in [-0.1, -0.05) is 0 Å². The molecule has 2 rings (SSSR count). The summed E-state index contributed by atoms with van der Waals surface area (Å²) in [5.41, 5.74) is 0.396. The van der Waals surface area contributed by atoms with Crippen molar-refractivity contribution in [3.8, 4) is 5.75 Å². The summed E-state index contributed by atoms with van der Waals surface area (Å²) in [5, 5.41) is 3.17. The maximum absolute atomic E-state index is 12.4. The molecule has 0 bridgehead atoms. The van der Waals surface area contributed by atoms with Gasteiger partial charge in [0.05, 0.1) is 12.0 Å². The Morgan fingerprint density at radius 3 is 2.68 bits per heavy atom. The Morgan fingerprint density at radius 2 is 2.16 bits per heavy atom. The topological polar surface area (TPSA) is 67.4 Å². The van der Waals surface area contributed by atoms with Gasteiger partial charge in [0.1, 0.15) is 5.75 Å². The van der Waals surface area contributed by atoms with Crippen LogP contribution in [-0.2, 0) is 10.0 Å². The molecule has 1 aliphatic heterocycles. The first kappa shape index (κ1) is 14.3. The monoisotopic (exact) mass is 284 g/mol. The Hall–Kier alpha value is -1.11. The maximum atomic E-state index is 12.4. The van der Waals surface area contributed by atoms with Crippen molar-refractivity contribution >= 4 is 10.0 Å². The Bertz CT molecular complexity index is 563. The van der Waals surface area contributed by atoms with Crippen LogP contribution in [0.15, 0.2) is 23.1 Å². The van der Waals surface area contributed by atoms with Gasteiger partial charge in [0.15, 0.2) is 0 Å². The first-order chi connectivity index (χ1) is 8.86. The number of rotatable bonds is 4. The van der Waals surface area contributed by atoms with Crippen molar-refractivity contribution in [1.29, 1.82) is 0 Å². The van der Waals surface area contributed by atoms with E-state index in [0.29, 0.717) is 12.3 Å². The average molecular weight is 284 g/mol. The van der Waals surface area contributed by atoms with Gasteiger partial charge in [-0.2, -0.15) is 0 Å². The third kappa shape index (κ3) is 3.08. The van der Waals surface area contributed by atoms with Gasteiger partial charge in [0.2, 0.25) is 10.0 Å². The summed E-state index contributed by atoms with van der Waals surface area (Å²) in [6.07, 6.45) is 0.793. The van der Waals surface area contributed by atoms with Crippen LogP contribution in [0.4, 0.5) is 0 Å². The molecule has 1 fully saturated rings. The molecule has 0 spiro atoms. The lowest BCUT2D eigenvalue weighted by Crippen LogP contribution is -2.47. The van der Waals surface area contributed by atoms with E-state index in [-0.39, 0.29) is 4.90 Å². The molecule has 106 valence electrons. The molecule has 0 amide bonds. The van der Waals surface area contributed by atoms with Crippen molar-refractivity contribution in [2.45, 2.75) is 30.7 Å². The minimum atomic E-state index is -3.50. The van der Waals surface area contributed by atoms with Crippen LogP contribution in [0.25, 0.3) is 0 Å². The van der Waals surface area contributed by atoms with Crippen molar-refractivity contribution < 1.29 is 13.2 Å². The largest absolute Gasteiger partial charge is 0.496 e. The van der Waals surface area contributed by atoms with Gasteiger partial charge in [0, 0.05) is 12.1 Å². The number of methoxy groups -OCH3 is 1. The Morgan fingerprint density at radius 1 is 1.42 bits per heavy atom. The minimum absolute atomic E-state index is 0.277. The molecule has 1 unspecified atom stereocenters. The molecule has 0 radical (unpaired) electrons. The number of benzene rings is 1. The molecule has 1 heterocycles. The fraction of sp³-hybridized carbons (Fsp3) is 0.538. The van der Waals surface area contributed by atoms with Gasteiger partial charge in [-0.15, -0.1) is 0 Å². The molecule has 1 saturated heterocycles. The lowest BCUT2D eigenvalue weighted by molar-refractivity contribution is 0.411. The summed E-state index contributed by atoms with van der Waals surface area (Å²) < 4.78 is 32.7. The maximum Gasteiger partial charge on any atom is 0.241 e. The number of hydrogen-bond donors (Lipinski definition) is 2. The predicted octanol–water partition coefficient (Wildman–Crippen LogP) is 1.03. The Labute approximate surface area is 114 Å². The summed E-state index contributed by atoms with van der Waals surface area (Å²) >= 11 is 0. The highest BCUT2D eigenvalue weighted by molar-refractivity contribution is 7.89. The molecule has 5 nitrogen and oxygen atoms in total. The van der Waals surface area contributed by atoms with Crippen molar-refractivity contribution in [1.82, 2.24) is 10.0 Å². The van der Waals surface area contributed by atoms with Crippen LogP contribution >= 0.6 is 0 Å². The molecule has 6 heteroatoms. The number of sulfonamides is 1. The summed E-state index contributed by atoms with van der Waals surface area (Å²) in [6, 6.07) is 4.88. The van der Waals surface area contributed by atoms with E-state index in [1.807, 2.05) is 13.8 Å². The second-order valence-electron chi connectivity index (χ2n) is 5.22. The van der Waals surface area contributed by atoms with Gasteiger partial charge in [-0.25, -0.2) is 13.1 Å². The zero-order valence-corrected chi connectivity index (χ0v) is 12.3. The lowest BCUT2D eigenvalue weighted by Gasteiger charge is -2.24. The summed E-state index contributed by atoms with van der Waals surface area (Å²) in [5.74, 6) is 0.688. The van der Waals surface area contributed by atoms with E-state index in [1.54, 1.807) is 25.3 Å². The number of aryl methyl sites for hydroxylation is 1. The van der Waals surface area contributed by atoms with Crippen LogP contribution in [-0.4, -0.2) is 34.2 Å². The molecule has 19 heavy (non-hydrogen) atoms. The summed E-state index contributed by atoms with van der Waals surface area (Å²) in [4.78, 5) is 0.277. The lowest BCUT2D eigenvalue weighted by atomic mass is 10.0. The highest BCUT2D eigenvalue weighted by Gasteiger charge is 2.33. The molecule has 1 aliphatic rings. The van der Waals surface area contributed by atoms with Crippen LogP contribution in [0, 0.1) is 6.92 Å². The van der Waals surface area contributed by atoms with Gasteiger partial charge < -0.3 is 10.1 Å². The molecule has 1 atom stereocenters. The van der Waals surface area contributed by atoms with E-state index in [2.05, 4.69) is 10.0 Å². The Balaban J connectivity index is 2.27. The van der Waals surface area contributed by atoms with Crippen molar-refractivity contribution in [3.05, 3.63) is 23.8 Å². The first-order valence-corrected chi connectivity index (χ1v) is 7.74. The third-order valence-corrected chi connectivity index (χ3v) is 5.06. The van der Waals surface area contributed by atoms with Crippen LogP contribution < -0.4 is 14.8 Å². The van der Waals surface area contributed by atoms with E-state index in [0.717, 1.165) is 18.5 Å². The molecule has 0 aromatic heterocycles. The molecule has 0 aliphatic carbocycles. The molecular weight excluding hydrogens is 264 g/mol. The minimum Gasteiger partial charge on any atom is -0.496 e. The zero-order valence-electron chi connectivity index (χ0n) is 11.5. The van der Waals surface area contributed by atoms with Gasteiger partial charge >= 0.3 is 0 Å². The second kappa shape index (κ2) is 5.11. The van der Waals surface area contributed by atoms with Crippen LogP contribution in [0.5, 0.6) is 5.75 Å². The first-order valence-electron chi connectivity index (χ1n) is 6.26. The molecule has 0 saturated carbocycles. The van der Waals surface area contributed by atoms with E-state index >= 15 is 0 Å². The van der Waals surface area contributed by atoms with E-state index in [9.17, 15) is 8.42 Å². The van der Waals surface area contributed by atoms with Crippen LogP contribution in [0.1, 0.15) is 18.9 Å². The Kier molecular flexibility index (Phi) is 3.85. The van der Waals surface area contributed by atoms with Crippen molar-refractivity contribution in [2.24, 2.45) is 0 Å². The van der Waals surface area contributed by atoms with Crippen LogP contribution in [0.2, 0.25) is 0 Å². The van der Waals surface area contributed by atoms with E-state index in [4.69, 9.17) is 4.74 Å². The van der Waals surface area contributed by atoms with E-state index in [1.165, 1.54) is 0 Å². The molecule has 2 N–H and O–H groups in total. The van der Waals surface area contributed by atoms with Gasteiger partial charge in [0.25, 0.3) is 0 Å². The van der Waals surface area contributed by atoms with E-state index < -0.39 is 15.6 Å². The smallest absolute Gasteiger partial charge is 0.241 e. The zero-order chi connectivity index (χ0) is 14.1. The van der Waals surface area contributed by atoms with Gasteiger partial charge in [-0.3, -0.25) is 0 Å². The molecule has 1 aromatic carbocycles. The highest BCUT2D eigenvalue weighted by atomic mass is 32.2. The fourth-order valence-corrected chi connectivity index (χ4v) is 3.83. The number of nitrogens with one attached hydrogen (secondary N) is 2. The molecule has 1 aromatic rings. The fourth-order valence-electron chi connectivity index (χ4n) is 2.31. The molecular formula is C13H20N2O3S. The van der Waals surface area contributed by atoms with Gasteiger partial charge in [-0.05, 0) is 50.6 Å². The van der Waals surface area contributed by atoms with Crippen LogP contribution in [0.3, 0.4) is 0 Å². The third-order valence-electron chi connectivity index (χ3n) is 3.43. The predicted molar refractivity (Wildman–Crippen MR) is 73.9 cm³/mol. The normalized spacial score (nSPS) is 23.5. The SMILES string of the molecule is COc1ccc(S(=O)(=O)NC2(C)CCNC2)cc1C. The second-order valence-corrected chi connectivity index (χ2v) is 6.91. The number of ether oxygens (including phenoxy) is 1. The average Bonchev–Trinajstić information content (AvgIpc) is 2.74. The highest BCUT2D eigenvalue weighted by Crippen LogP contribution is 2.23. The van der Waals surface area contributed by atoms with Crippen molar-refractivity contribution in [3.63, 3.8) is 0 Å². The summed E-state index contributed by atoms with van der Waals surface area (Å²) in [6.45, 7) is 5.24. The number of hydrogen-bond acceptors (Lipinski definition) is 4. The summed E-state index contributed by atoms with van der Waals surface area (Å²) in [7, 11) is -1.93. The van der Waals surface area contributed by atoms with Crippen molar-refractivity contribution in [2.75, 3.05) is 20.2 Å². The quantitative estimate of drug-likeness (QED) is 0.867. The standard InChI is InChI=1S/C13H20N2O3S/c1-10-8-11(4-5-12(10)18-3)19(16,17)15-13(2)6-7-14-9-13/h4-5,8,14-15H,6-7,9H2,1-3H3.